The highest BCUT2D eigenvalue weighted by atomic mass is 15.0. The summed E-state index contributed by atoms with van der Waals surface area (Å²) in [5, 5.41) is 4.95. The summed E-state index contributed by atoms with van der Waals surface area (Å²) in [6.07, 6.45) is 3.86. The molecule has 100 valence electrons. The van der Waals surface area contributed by atoms with E-state index >= 15 is 0 Å². The lowest BCUT2D eigenvalue weighted by Crippen LogP contribution is -2.24. The molecule has 1 unspecified atom stereocenters. The summed E-state index contributed by atoms with van der Waals surface area (Å²) < 4.78 is 0. The van der Waals surface area contributed by atoms with Crippen molar-refractivity contribution < 1.29 is 0 Å². The fourth-order valence-corrected chi connectivity index (χ4v) is 2.78. The Labute approximate surface area is 115 Å². The SMILES string of the molecule is CCCNC(c1cc(C)c2ccccc2n1)C1CC1. The van der Waals surface area contributed by atoms with Crippen molar-refractivity contribution in [3.63, 3.8) is 0 Å². The Kier molecular flexibility index (Phi) is 3.52. The van der Waals surface area contributed by atoms with E-state index in [4.69, 9.17) is 4.98 Å². The zero-order valence-corrected chi connectivity index (χ0v) is 11.8. The number of benzene rings is 1. The zero-order valence-electron chi connectivity index (χ0n) is 11.8. The lowest BCUT2D eigenvalue weighted by atomic mass is 10.0. The van der Waals surface area contributed by atoms with Gasteiger partial charge in [-0.05, 0) is 56.3 Å². The molecule has 1 aliphatic carbocycles. The van der Waals surface area contributed by atoms with Gasteiger partial charge in [-0.1, -0.05) is 25.1 Å². The standard InChI is InChI=1S/C17H22N2/c1-3-10-18-17(13-8-9-13)16-11-12(2)14-6-4-5-7-15(14)19-16/h4-7,11,13,17-18H,3,8-10H2,1-2H3. The van der Waals surface area contributed by atoms with Crippen molar-refractivity contribution in [1.29, 1.82) is 0 Å². The lowest BCUT2D eigenvalue weighted by Gasteiger charge is -2.18. The number of hydrogen-bond acceptors (Lipinski definition) is 2. The van der Waals surface area contributed by atoms with Gasteiger partial charge >= 0.3 is 0 Å². The van der Waals surface area contributed by atoms with Crippen molar-refractivity contribution in [2.45, 2.75) is 39.2 Å². The number of hydrogen-bond donors (Lipinski definition) is 1. The lowest BCUT2D eigenvalue weighted by molar-refractivity contribution is 0.472. The molecule has 1 aromatic heterocycles. The highest BCUT2D eigenvalue weighted by molar-refractivity contribution is 5.82. The minimum absolute atomic E-state index is 0.447. The van der Waals surface area contributed by atoms with Gasteiger partial charge in [0.2, 0.25) is 0 Å². The summed E-state index contributed by atoms with van der Waals surface area (Å²) in [4.78, 5) is 4.89. The number of aryl methyl sites for hydroxylation is 1. The molecule has 1 N–H and O–H groups in total. The zero-order chi connectivity index (χ0) is 13.2. The van der Waals surface area contributed by atoms with Gasteiger partial charge in [-0.2, -0.15) is 0 Å². The molecule has 0 radical (unpaired) electrons. The van der Waals surface area contributed by atoms with E-state index in [0.717, 1.165) is 18.0 Å². The molecular formula is C17H22N2. The first-order chi connectivity index (χ1) is 9.29. The number of nitrogens with zero attached hydrogens (tertiary/aromatic N) is 1. The Morgan fingerprint density at radius 2 is 2.11 bits per heavy atom. The minimum atomic E-state index is 0.447. The normalized spacial score (nSPS) is 16.7. The van der Waals surface area contributed by atoms with Crippen LogP contribution in [0.3, 0.4) is 0 Å². The minimum Gasteiger partial charge on any atom is -0.308 e. The van der Waals surface area contributed by atoms with Gasteiger partial charge in [0, 0.05) is 5.39 Å². The molecule has 1 atom stereocenters. The van der Waals surface area contributed by atoms with Crippen LogP contribution in [0, 0.1) is 12.8 Å². The summed E-state index contributed by atoms with van der Waals surface area (Å²) >= 11 is 0. The van der Waals surface area contributed by atoms with Crippen LogP contribution in [0.1, 0.15) is 43.5 Å². The molecule has 1 aromatic carbocycles. The number of fused-ring (bicyclic) bond motifs is 1. The van der Waals surface area contributed by atoms with E-state index in [-0.39, 0.29) is 0 Å². The first kappa shape index (κ1) is 12.6. The molecule has 2 heteroatoms. The second-order valence-electron chi connectivity index (χ2n) is 5.65. The average Bonchev–Trinajstić information content (AvgIpc) is 3.24. The third-order valence-corrected chi connectivity index (χ3v) is 3.97. The Morgan fingerprint density at radius 3 is 2.84 bits per heavy atom. The van der Waals surface area contributed by atoms with E-state index in [2.05, 4.69) is 49.5 Å². The molecule has 0 bridgehead atoms. The van der Waals surface area contributed by atoms with Gasteiger partial charge in [0.15, 0.2) is 0 Å². The molecule has 2 aromatic rings. The first-order valence-electron chi connectivity index (χ1n) is 7.39. The van der Waals surface area contributed by atoms with Crippen LogP contribution >= 0.6 is 0 Å². The van der Waals surface area contributed by atoms with E-state index in [1.807, 2.05) is 0 Å². The van der Waals surface area contributed by atoms with E-state index in [1.54, 1.807) is 0 Å². The molecule has 0 saturated heterocycles. The third kappa shape index (κ3) is 2.64. The number of pyridine rings is 1. The van der Waals surface area contributed by atoms with Crippen molar-refractivity contribution in [3.8, 4) is 0 Å². The van der Waals surface area contributed by atoms with Gasteiger partial charge in [-0.3, -0.25) is 4.98 Å². The highest BCUT2D eigenvalue weighted by Gasteiger charge is 2.32. The molecule has 19 heavy (non-hydrogen) atoms. The Hall–Kier alpha value is -1.41. The number of rotatable bonds is 5. The molecule has 1 fully saturated rings. The number of para-hydroxylation sites is 1. The van der Waals surface area contributed by atoms with Gasteiger partial charge in [0.25, 0.3) is 0 Å². The van der Waals surface area contributed by atoms with Crippen LogP contribution in [-0.4, -0.2) is 11.5 Å². The molecule has 0 amide bonds. The van der Waals surface area contributed by atoms with E-state index in [0.29, 0.717) is 6.04 Å². The number of nitrogens with one attached hydrogen (secondary N) is 1. The molecule has 1 aliphatic rings. The second-order valence-corrected chi connectivity index (χ2v) is 5.65. The van der Waals surface area contributed by atoms with Crippen molar-refractivity contribution in [2.75, 3.05) is 6.54 Å². The predicted octanol–water partition coefficient (Wildman–Crippen LogP) is 3.99. The van der Waals surface area contributed by atoms with Crippen LogP contribution in [-0.2, 0) is 0 Å². The molecular weight excluding hydrogens is 232 g/mol. The van der Waals surface area contributed by atoms with Gasteiger partial charge in [-0.25, -0.2) is 0 Å². The van der Waals surface area contributed by atoms with Crippen LogP contribution in [0.5, 0.6) is 0 Å². The van der Waals surface area contributed by atoms with E-state index < -0.39 is 0 Å². The molecule has 0 spiro atoms. The summed E-state index contributed by atoms with van der Waals surface area (Å²) in [6, 6.07) is 11.2. The van der Waals surface area contributed by atoms with E-state index in [9.17, 15) is 0 Å². The smallest absolute Gasteiger partial charge is 0.0708 e. The number of aromatic nitrogens is 1. The Balaban J connectivity index is 1.98. The fraction of sp³-hybridized carbons (Fsp3) is 0.471. The summed E-state index contributed by atoms with van der Waals surface area (Å²) in [7, 11) is 0. The summed E-state index contributed by atoms with van der Waals surface area (Å²) in [5.74, 6) is 0.791. The maximum Gasteiger partial charge on any atom is 0.0708 e. The van der Waals surface area contributed by atoms with Crippen LogP contribution in [0.2, 0.25) is 0 Å². The van der Waals surface area contributed by atoms with Crippen LogP contribution in [0.15, 0.2) is 30.3 Å². The molecule has 0 aliphatic heterocycles. The fourth-order valence-electron chi connectivity index (χ4n) is 2.78. The molecule has 1 saturated carbocycles. The monoisotopic (exact) mass is 254 g/mol. The maximum absolute atomic E-state index is 4.89. The van der Waals surface area contributed by atoms with Gasteiger partial charge < -0.3 is 5.32 Å². The third-order valence-electron chi connectivity index (χ3n) is 3.97. The van der Waals surface area contributed by atoms with Crippen molar-refractivity contribution >= 4 is 10.9 Å². The molecule has 2 nitrogen and oxygen atoms in total. The van der Waals surface area contributed by atoms with Crippen LogP contribution < -0.4 is 5.32 Å². The van der Waals surface area contributed by atoms with Crippen molar-refractivity contribution in [2.24, 2.45) is 5.92 Å². The van der Waals surface area contributed by atoms with Gasteiger partial charge in [0.05, 0.1) is 17.3 Å². The van der Waals surface area contributed by atoms with Crippen molar-refractivity contribution in [1.82, 2.24) is 10.3 Å². The van der Waals surface area contributed by atoms with Gasteiger partial charge in [0.1, 0.15) is 0 Å². The van der Waals surface area contributed by atoms with E-state index in [1.165, 1.54) is 35.9 Å². The first-order valence-corrected chi connectivity index (χ1v) is 7.39. The van der Waals surface area contributed by atoms with Crippen LogP contribution in [0.25, 0.3) is 10.9 Å². The topological polar surface area (TPSA) is 24.9 Å². The maximum atomic E-state index is 4.89. The van der Waals surface area contributed by atoms with Crippen molar-refractivity contribution in [3.05, 3.63) is 41.6 Å². The molecule has 3 rings (SSSR count). The van der Waals surface area contributed by atoms with Gasteiger partial charge in [-0.15, -0.1) is 0 Å². The Morgan fingerprint density at radius 1 is 1.32 bits per heavy atom. The largest absolute Gasteiger partial charge is 0.308 e. The average molecular weight is 254 g/mol. The quantitative estimate of drug-likeness (QED) is 0.872. The van der Waals surface area contributed by atoms with Crippen LogP contribution in [0.4, 0.5) is 0 Å². The summed E-state index contributed by atoms with van der Waals surface area (Å²) in [5.41, 5.74) is 3.69. The Bertz CT molecular complexity index is 572. The molecule has 1 heterocycles. The second kappa shape index (κ2) is 5.30. The highest BCUT2D eigenvalue weighted by Crippen LogP contribution is 2.41. The summed E-state index contributed by atoms with van der Waals surface area (Å²) in [6.45, 7) is 5.49. The predicted molar refractivity (Wildman–Crippen MR) is 80.2 cm³/mol.